The van der Waals surface area contributed by atoms with E-state index in [-0.39, 0.29) is 11.9 Å². The van der Waals surface area contributed by atoms with Crippen LogP contribution in [0.2, 0.25) is 0 Å². The highest BCUT2D eigenvalue weighted by Gasteiger charge is 2.17. The average molecular weight is 256 g/mol. The van der Waals surface area contributed by atoms with Crippen LogP contribution in [0.5, 0.6) is 0 Å². The number of carbonyl (C=O) groups excluding carboxylic acids is 1. The van der Waals surface area contributed by atoms with E-state index in [1.54, 1.807) is 0 Å². The van der Waals surface area contributed by atoms with Gasteiger partial charge in [0.25, 0.3) is 0 Å². The van der Waals surface area contributed by atoms with Crippen molar-refractivity contribution in [3.05, 3.63) is 0 Å². The van der Waals surface area contributed by atoms with Crippen molar-refractivity contribution in [2.45, 2.75) is 44.2 Å². The van der Waals surface area contributed by atoms with E-state index in [9.17, 15) is 4.79 Å². The Bertz CT molecular complexity index is 249. The minimum atomic E-state index is 0.0769. The van der Waals surface area contributed by atoms with Gasteiger partial charge in [0, 0.05) is 25.6 Å². The molecule has 18 heavy (non-hydrogen) atoms. The zero-order valence-corrected chi connectivity index (χ0v) is 11.0. The molecule has 2 rings (SSSR count). The Morgan fingerprint density at radius 3 is 2.94 bits per heavy atom. The molecule has 2 N–H and O–H groups in total. The Morgan fingerprint density at radius 1 is 1.39 bits per heavy atom. The fraction of sp³-hybridized carbons (Fsp3) is 0.923. The minimum absolute atomic E-state index is 0.0769. The van der Waals surface area contributed by atoms with Gasteiger partial charge < -0.3 is 20.1 Å². The van der Waals surface area contributed by atoms with Crippen molar-refractivity contribution in [3.63, 3.8) is 0 Å². The van der Waals surface area contributed by atoms with Crippen molar-refractivity contribution in [1.82, 2.24) is 10.6 Å². The van der Waals surface area contributed by atoms with Crippen LogP contribution in [0.4, 0.5) is 0 Å². The normalized spacial score (nSPS) is 25.2. The van der Waals surface area contributed by atoms with Crippen LogP contribution in [0, 0.1) is 0 Å². The first kappa shape index (κ1) is 13.8. The third-order valence-corrected chi connectivity index (χ3v) is 3.51. The van der Waals surface area contributed by atoms with E-state index in [4.69, 9.17) is 9.47 Å². The summed E-state index contributed by atoms with van der Waals surface area (Å²) in [5.41, 5.74) is 0. The summed E-state index contributed by atoms with van der Waals surface area (Å²) >= 11 is 0. The summed E-state index contributed by atoms with van der Waals surface area (Å²) in [6, 6.07) is 0.162. The summed E-state index contributed by atoms with van der Waals surface area (Å²) in [5, 5.41) is 6.16. The van der Waals surface area contributed by atoms with Gasteiger partial charge >= 0.3 is 0 Å². The smallest absolute Gasteiger partial charge is 0.221 e. The minimum Gasteiger partial charge on any atom is -0.378 e. The number of amides is 1. The van der Waals surface area contributed by atoms with E-state index in [2.05, 4.69) is 10.6 Å². The molecular weight excluding hydrogens is 232 g/mol. The molecule has 5 nitrogen and oxygen atoms in total. The number of morpholine rings is 1. The summed E-state index contributed by atoms with van der Waals surface area (Å²) in [4.78, 5) is 11.6. The molecule has 1 amide bonds. The first-order valence-electron chi connectivity index (χ1n) is 7.04. The molecule has 1 saturated heterocycles. The van der Waals surface area contributed by atoms with Crippen molar-refractivity contribution in [2.24, 2.45) is 0 Å². The number of rotatable bonds is 6. The zero-order valence-electron chi connectivity index (χ0n) is 11.0. The third-order valence-electron chi connectivity index (χ3n) is 3.51. The first-order chi connectivity index (χ1) is 8.84. The van der Waals surface area contributed by atoms with E-state index >= 15 is 0 Å². The Morgan fingerprint density at radius 2 is 2.22 bits per heavy atom. The van der Waals surface area contributed by atoms with Gasteiger partial charge in [-0.1, -0.05) is 12.8 Å². The first-order valence-corrected chi connectivity index (χ1v) is 7.04. The molecule has 2 fully saturated rings. The average Bonchev–Trinajstić information content (AvgIpc) is 2.89. The second-order valence-corrected chi connectivity index (χ2v) is 5.06. The van der Waals surface area contributed by atoms with Gasteiger partial charge in [-0.3, -0.25) is 4.79 Å². The highest BCUT2D eigenvalue weighted by molar-refractivity contribution is 5.76. The quantitative estimate of drug-likeness (QED) is 0.677. The SMILES string of the molecule is O=C(CC1COCCN1)NCCOC1CCCC1. The molecule has 2 aliphatic rings. The van der Waals surface area contributed by atoms with Crippen LogP contribution in [0.25, 0.3) is 0 Å². The maximum Gasteiger partial charge on any atom is 0.221 e. The fourth-order valence-corrected chi connectivity index (χ4v) is 2.52. The van der Waals surface area contributed by atoms with Crippen LogP contribution in [0.3, 0.4) is 0 Å². The second-order valence-electron chi connectivity index (χ2n) is 5.06. The molecule has 1 aliphatic heterocycles. The lowest BCUT2D eigenvalue weighted by Gasteiger charge is -2.23. The molecule has 104 valence electrons. The van der Waals surface area contributed by atoms with E-state index < -0.39 is 0 Å². The number of carbonyl (C=O) groups is 1. The van der Waals surface area contributed by atoms with E-state index in [0.717, 1.165) is 13.2 Å². The van der Waals surface area contributed by atoms with Gasteiger partial charge in [-0.05, 0) is 12.8 Å². The van der Waals surface area contributed by atoms with Crippen LogP contribution >= 0.6 is 0 Å². The molecule has 1 unspecified atom stereocenters. The summed E-state index contributed by atoms with van der Waals surface area (Å²) in [7, 11) is 0. The lowest BCUT2D eigenvalue weighted by atomic mass is 10.2. The standard InChI is InChI=1S/C13H24N2O3/c16-13(9-11-10-17-7-5-14-11)15-6-8-18-12-3-1-2-4-12/h11-12,14H,1-10H2,(H,15,16). The predicted molar refractivity (Wildman–Crippen MR) is 68.4 cm³/mol. The van der Waals surface area contributed by atoms with Crippen molar-refractivity contribution in [1.29, 1.82) is 0 Å². The van der Waals surface area contributed by atoms with Crippen LogP contribution in [-0.4, -0.2) is 51.0 Å². The number of nitrogens with one attached hydrogen (secondary N) is 2. The molecular formula is C13H24N2O3. The largest absolute Gasteiger partial charge is 0.378 e. The predicted octanol–water partition coefficient (Wildman–Crippen LogP) is 0.440. The van der Waals surface area contributed by atoms with Gasteiger partial charge in [-0.15, -0.1) is 0 Å². The molecule has 0 radical (unpaired) electrons. The number of hydrogen-bond donors (Lipinski definition) is 2. The van der Waals surface area contributed by atoms with Crippen LogP contribution < -0.4 is 10.6 Å². The van der Waals surface area contributed by atoms with Gasteiger partial charge in [-0.2, -0.15) is 0 Å². The van der Waals surface area contributed by atoms with Crippen molar-refractivity contribution in [3.8, 4) is 0 Å². The molecule has 1 atom stereocenters. The highest BCUT2D eigenvalue weighted by Crippen LogP contribution is 2.20. The van der Waals surface area contributed by atoms with E-state index in [1.165, 1.54) is 25.7 Å². The monoisotopic (exact) mass is 256 g/mol. The van der Waals surface area contributed by atoms with E-state index in [1.807, 2.05) is 0 Å². The molecule has 0 aromatic carbocycles. The lowest BCUT2D eigenvalue weighted by Crippen LogP contribution is -2.44. The Kier molecular flexibility index (Phi) is 5.90. The van der Waals surface area contributed by atoms with Crippen molar-refractivity contribution >= 4 is 5.91 Å². The molecule has 0 spiro atoms. The molecule has 5 heteroatoms. The topological polar surface area (TPSA) is 59.6 Å². The maximum absolute atomic E-state index is 11.6. The van der Waals surface area contributed by atoms with Crippen LogP contribution in [0.15, 0.2) is 0 Å². The second kappa shape index (κ2) is 7.71. The summed E-state index contributed by atoms with van der Waals surface area (Å²) in [5.74, 6) is 0.0769. The van der Waals surface area contributed by atoms with Crippen LogP contribution in [-0.2, 0) is 14.3 Å². The maximum atomic E-state index is 11.6. The zero-order chi connectivity index (χ0) is 12.6. The van der Waals surface area contributed by atoms with Gasteiger partial charge in [0.2, 0.25) is 5.91 Å². The summed E-state index contributed by atoms with van der Waals surface area (Å²) < 4.78 is 11.0. The Hall–Kier alpha value is -0.650. The number of ether oxygens (including phenoxy) is 2. The van der Waals surface area contributed by atoms with Crippen molar-refractivity contribution in [2.75, 3.05) is 32.9 Å². The summed E-state index contributed by atoms with van der Waals surface area (Å²) in [6.07, 6.45) is 5.84. The molecule has 1 heterocycles. The molecule has 0 aromatic rings. The van der Waals surface area contributed by atoms with Gasteiger partial charge in [0.15, 0.2) is 0 Å². The van der Waals surface area contributed by atoms with Gasteiger partial charge in [0.05, 0.1) is 25.9 Å². The number of hydrogen-bond acceptors (Lipinski definition) is 4. The third kappa shape index (κ3) is 4.92. The lowest BCUT2D eigenvalue weighted by molar-refractivity contribution is -0.122. The van der Waals surface area contributed by atoms with Gasteiger partial charge in [-0.25, -0.2) is 0 Å². The molecule has 1 saturated carbocycles. The molecule has 0 aromatic heterocycles. The van der Waals surface area contributed by atoms with E-state index in [0.29, 0.717) is 32.3 Å². The highest BCUT2D eigenvalue weighted by atomic mass is 16.5. The van der Waals surface area contributed by atoms with Gasteiger partial charge in [0.1, 0.15) is 0 Å². The molecule has 0 bridgehead atoms. The Labute approximate surface area is 109 Å². The summed E-state index contributed by atoms with van der Waals surface area (Å²) in [6.45, 7) is 3.45. The van der Waals surface area contributed by atoms with Crippen molar-refractivity contribution < 1.29 is 14.3 Å². The fourth-order valence-electron chi connectivity index (χ4n) is 2.52. The van der Waals surface area contributed by atoms with Crippen LogP contribution in [0.1, 0.15) is 32.1 Å². The molecule has 1 aliphatic carbocycles. The Balaban J connectivity index is 1.48.